The summed E-state index contributed by atoms with van der Waals surface area (Å²) in [5.41, 5.74) is 0.102. The molecule has 1 aliphatic carbocycles. The molecule has 1 aromatic carbocycles. The maximum atomic E-state index is 15.1. The Morgan fingerprint density at radius 1 is 1.03 bits per heavy atom. The third-order valence-corrected chi connectivity index (χ3v) is 7.37. The number of nitrogens with zero attached hydrogens (tertiary/aromatic N) is 3. The molecule has 1 N–H and O–H groups in total. The molecule has 1 atom stereocenters. The monoisotopic (exact) mass is 439 g/mol. The van der Waals surface area contributed by atoms with E-state index in [0.29, 0.717) is 23.7 Å². The summed E-state index contributed by atoms with van der Waals surface area (Å²) in [4.78, 5) is 21.5. The number of likely N-dealkylation sites (tertiary alicyclic amines) is 1. The van der Waals surface area contributed by atoms with Crippen molar-refractivity contribution in [3.8, 4) is 11.5 Å². The first kappa shape index (κ1) is 21.2. The second kappa shape index (κ2) is 8.70. The zero-order valence-electron chi connectivity index (χ0n) is 18.3. The highest BCUT2D eigenvalue weighted by Crippen LogP contribution is 2.44. The topological polar surface area (TPSA) is 65.9 Å². The number of pyridine rings is 1. The van der Waals surface area contributed by atoms with Crippen LogP contribution >= 0.6 is 0 Å². The van der Waals surface area contributed by atoms with E-state index in [1.807, 2.05) is 4.90 Å². The van der Waals surface area contributed by atoms with E-state index in [1.54, 1.807) is 36.7 Å². The molecule has 32 heavy (non-hydrogen) atoms. The van der Waals surface area contributed by atoms with E-state index in [0.717, 1.165) is 58.0 Å². The third kappa shape index (κ3) is 4.06. The van der Waals surface area contributed by atoms with Gasteiger partial charge in [-0.25, -0.2) is 4.39 Å². The van der Waals surface area contributed by atoms with Crippen LogP contribution in [-0.2, 0) is 4.79 Å². The van der Waals surface area contributed by atoms with Gasteiger partial charge in [-0.05, 0) is 69.2 Å². The van der Waals surface area contributed by atoms with Crippen molar-refractivity contribution in [3.63, 3.8) is 0 Å². The second-order valence-electron chi connectivity index (χ2n) is 9.41. The van der Waals surface area contributed by atoms with Crippen molar-refractivity contribution in [1.29, 1.82) is 0 Å². The molecule has 3 fully saturated rings. The maximum absolute atomic E-state index is 15.1. The lowest BCUT2D eigenvalue weighted by molar-refractivity contribution is -0.139. The van der Waals surface area contributed by atoms with Gasteiger partial charge in [0.15, 0.2) is 0 Å². The molecule has 1 spiro atoms. The van der Waals surface area contributed by atoms with Crippen LogP contribution in [0.2, 0.25) is 0 Å². The van der Waals surface area contributed by atoms with Crippen LogP contribution in [0.3, 0.4) is 0 Å². The zero-order chi connectivity index (χ0) is 22.1. The van der Waals surface area contributed by atoms with E-state index in [1.165, 1.54) is 6.07 Å². The third-order valence-electron chi connectivity index (χ3n) is 7.37. The van der Waals surface area contributed by atoms with Crippen LogP contribution in [-0.4, -0.2) is 52.7 Å². The lowest BCUT2D eigenvalue weighted by Gasteiger charge is -2.41. The van der Waals surface area contributed by atoms with Gasteiger partial charge in [-0.15, -0.1) is 0 Å². The first-order chi connectivity index (χ1) is 15.5. The van der Waals surface area contributed by atoms with E-state index < -0.39 is 5.41 Å². The van der Waals surface area contributed by atoms with E-state index in [2.05, 4.69) is 9.88 Å². The van der Waals surface area contributed by atoms with Crippen LogP contribution in [0.4, 0.5) is 10.1 Å². The molecule has 1 unspecified atom stereocenters. The summed E-state index contributed by atoms with van der Waals surface area (Å²) in [5, 5.41) is 9.81. The Labute approximate surface area is 188 Å². The summed E-state index contributed by atoms with van der Waals surface area (Å²) < 4.78 is 20.8. The van der Waals surface area contributed by atoms with Gasteiger partial charge in [0.2, 0.25) is 5.91 Å². The summed E-state index contributed by atoms with van der Waals surface area (Å²) in [6.07, 6.45) is 8.88. The molecule has 1 saturated carbocycles. The number of rotatable bonds is 4. The average Bonchev–Trinajstić information content (AvgIpc) is 3.10. The molecule has 3 heterocycles. The average molecular weight is 440 g/mol. The Hall–Kier alpha value is -2.67. The van der Waals surface area contributed by atoms with Gasteiger partial charge in [-0.1, -0.05) is 0 Å². The van der Waals surface area contributed by atoms with Gasteiger partial charge in [-0.2, -0.15) is 0 Å². The van der Waals surface area contributed by atoms with Crippen LogP contribution in [0.5, 0.6) is 11.5 Å². The summed E-state index contributed by atoms with van der Waals surface area (Å²) in [6.45, 7) is 2.07. The van der Waals surface area contributed by atoms with Crippen LogP contribution < -0.4 is 9.64 Å². The molecular formula is C25H30FN3O3. The van der Waals surface area contributed by atoms with Crippen LogP contribution in [0.1, 0.15) is 44.9 Å². The molecule has 1 aromatic heterocycles. The van der Waals surface area contributed by atoms with Crippen molar-refractivity contribution in [1.82, 2.24) is 9.88 Å². The highest BCUT2D eigenvalue weighted by Gasteiger charge is 2.50. The first-order valence-corrected chi connectivity index (χ1v) is 11.7. The minimum atomic E-state index is -0.424. The predicted molar refractivity (Wildman–Crippen MR) is 119 cm³/mol. The van der Waals surface area contributed by atoms with E-state index in [-0.39, 0.29) is 23.9 Å². The summed E-state index contributed by atoms with van der Waals surface area (Å²) >= 11 is 0. The zero-order valence-corrected chi connectivity index (χ0v) is 18.3. The molecular weight excluding hydrogens is 409 g/mol. The van der Waals surface area contributed by atoms with E-state index >= 15 is 4.39 Å². The van der Waals surface area contributed by atoms with Crippen molar-refractivity contribution in [2.45, 2.75) is 57.1 Å². The van der Waals surface area contributed by atoms with Crippen LogP contribution in [0.25, 0.3) is 0 Å². The number of piperidine rings is 1. The molecule has 2 saturated heterocycles. The normalized spacial score (nSPS) is 28.4. The molecule has 7 heteroatoms. The molecule has 1 amide bonds. The van der Waals surface area contributed by atoms with Crippen molar-refractivity contribution < 1.29 is 19.0 Å². The summed E-state index contributed by atoms with van der Waals surface area (Å²) in [7, 11) is 0. The van der Waals surface area contributed by atoms with Gasteiger partial charge >= 0.3 is 0 Å². The van der Waals surface area contributed by atoms with Gasteiger partial charge in [0.05, 0.1) is 17.2 Å². The lowest BCUT2D eigenvalue weighted by atomic mass is 9.78. The number of carbonyl (C=O) groups is 1. The largest absolute Gasteiger partial charge is 0.457 e. The van der Waals surface area contributed by atoms with Crippen LogP contribution in [0, 0.1) is 11.2 Å². The number of aliphatic hydroxyl groups excluding tert-OH is 1. The Morgan fingerprint density at radius 2 is 1.81 bits per heavy atom. The minimum absolute atomic E-state index is 0.224. The van der Waals surface area contributed by atoms with Gasteiger partial charge in [0.25, 0.3) is 0 Å². The van der Waals surface area contributed by atoms with Gasteiger partial charge < -0.3 is 19.6 Å². The number of aliphatic hydroxyl groups is 1. The van der Waals surface area contributed by atoms with Crippen molar-refractivity contribution in [2.24, 2.45) is 5.41 Å². The van der Waals surface area contributed by atoms with Gasteiger partial charge in [0.1, 0.15) is 17.3 Å². The molecule has 170 valence electrons. The maximum Gasteiger partial charge on any atom is 0.230 e. The first-order valence-electron chi connectivity index (χ1n) is 11.7. The molecule has 5 rings (SSSR count). The standard InChI is InChI=1S/C25H30FN3O3/c26-22-16-21(32-20-8-12-27-13-9-20)6-7-23(22)28-14-1-10-25(17-28)11-15-29(24(25)31)18-2-4-19(30)5-3-18/h6-9,12-13,16,18-19,30H,1-5,10-11,14-15,17H2. The quantitative estimate of drug-likeness (QED) is 0.776. The molecule has 3 aliphatic rings. The molecule has 0 bridgehead atoms. The number of hydrogen-bond acceptors (Lipinski definition) is 5. The highest BCUT2D eigenvalue weighted by atomic mass is 19.1. The number of hydrogen-bond donors (Lipinski definition) is 1. The van der Waals surface area contributed by atoms with Gasteiger partial charge in [-0.3, -0.25) is 9.78 Å². The molecule has 6 nitrogen and oxygen atoms in total. The SMILES string of the molecule is O=C1N(C2CCC(O)CC2)CCC12CCCN(c1ccc(Oc3ccncc3)cc1F)C2. The minimum Gasteiger partial charge on any atom is -0.457 e. The van der Waals surface area contributed by atoms with Crippen molar-refractivity contribution in [2.75, 3.05) is 24.5 Å². The van der Waals surface area contributed by atoms with Crippen molar-refractivity contribution in [3.05, 3.63) is 48.5 Å². The predicted octanol–water partition coefficient (Wildman–Crippen LogP) is 4.14. The number of aromatic nitrogens is 1. The fourth-order valence-corrected chi connectivity index (χ4v) is 5.63. The summed E-state index contributed by atoms with van der Waals surface area (Å²) in [6, 6.07) is 8.63. The van der Waals surface area contributed by atoms with Gasteiger partial charge in [0, 0.05) is 44.1 Å². The Balaban J connectivity index is 1.29. The number of benzene rings is 1. The Morgan fingerprint density at radius 3 is 2.56 bits per heavy atom. The highest BCUT2D eigenvalue weighted by molar-refractivity contribution is 5.86. The fourth-order valence-electron chi connectivity index (χ4n) is 5.63. The Bertz CT molecular complexity index is 964. The van der Waals surface area contributed by atoms with E-state index in [9.17, 15) is 9.90 Å². The Kier molecular flexibility index (Phi) is 5.76. The number of anilines is 1. The number of carbonyl (C=O) groups excluding carboxylic acids is 1. The molecule has 2 aliphatic heterocycles. The number of halogens is 1. The second-order valence-corrected chi connectivity index (χ2v) is 9.41. The number of amides is 1. The fraction of sp³-hybridized carbons (Fsp3) is 0.520. The number of ether oxygens (including phenoxy) is 1. The summed E-state index contributed by atoms with van der Waals surface area (Å²) in [5.74, 6) is 0.932. The lowest BCUT2D eigenvalue weighted by Crippen LogP contribution is -2.50. The smallest absolute Gasteiger partial charge is 0.230 e. The molecule has 0 radical (unpaired) electrons. The van der Waals surface area contributed by atoms with Crippen molar-refractivity contribution >= 4 is 11.6 Å². The molecule has 2 aromatic rings. The van der Waals surface area contributed by atoms with E-state index in [4.69, 9.17) is 4.74 Å². The van der Waals surface area contributed by atoms with Crippen LogP contribution in [0.15, 0.2) is 42.7 Å².